The molecule has 0 amide bonds. The zero-order valence-corrected chi connectivity index (χ0v) is 10.1. The lowest BCUT2D eigenvalue weighted by molar-refractivity contribution is -0.384. The highest BCUT2D eigenvalue weighted by Gasteiger charge is 2.37. The molecular weight excluding hydrogens is 234 g/mol. The van der Waals surface area contributed by atoms with E-state index in [9.17, 15) is 14.9 Å². The van der Waals surface area contributed by atoms with Gasteiger partial charge in [-0.2, -0.15) is 0 Å². The molecule has 1 heterocycles. The van der Waals surface area contributed by atoms with Gasteiger partial charge in [0.05, 0.1) is 4.92 Å². The molecule has 1 N–H and O–H groups in total. The number of likely N-dealkylation sites (N-methyl/N-ethyl adjacent to an activating group) is 1. The van der Waals surface area contributed by atoms with Gasteiger partial charge >= 0.3 is 0 Å². The second-order valence-electron chi connectivity index (χ2n) is 4.40. The van der Waals surface area contributed by atoms with Crippen molar-refractivity contribution in [1.29, 1.82) is 0 Å². The third-order valence-electron chi connectivity index (χ3n) is 3.41. The van der Waals surface area contributed by atoms with Gasteiger partial charge in [-0.3, -0.25) is 20.2 Å². The Hall–Kier alpha value is -1.95. The van der Waals surface area contributed by atoms with Crippen LogP contribution in [0.4, 0.5) is 11.4 Å². The van der Waals surface area contributed by atoms with Crippen LogP contribution in [-0.4, -0.2) is 30.5 Å². The molecule has 0 spiro atoms. The number of anilines is 1. The minimum atomic E-state index is -0.684. The summed E-state index contributed by atoms with van der Waals surface area (Å²) in [5, 5.41) is 13.8. The minimum absolute atomic E-state index is 0.0479. The van der Waals surface area contributed by atoms with Crippen LogP contribution in [0.25, 0.3) is 0 Å². The van der Waals surface area contributed by atoms with E-state index in [4.69, 9.17) is 0 Å². The highest BCUT2D eigenvalue weighted by molar-refractivity contribution is 5.72. The molecule has 1 aliphatic rings. The molecule has 2 rings (SSSR count). The molecule has 0 unspecified atom stereocenters. The second-order valence-corrected chi connectivity index (χ2v) is 4.40. The zero-order chi connectivity index (χ0) is 13.2. The van der Waals surface area contributed by atoms with Crippen molar-refractivity contribution in [2.24, 2.45) is 0 Å². The van der Waals surface area contributed by atoms with Crippen molar-refractivity contribution < 1.29 is 9.72 Å². The van der Waals surface area contributed by atoms with E-state index in [0.717, 1.165) is 31.4 Å². The molecule has 1 aromatic carbocycles. The van der Waals surface area contributed by atoms with Crippen molar-refractivity contribution >= 4 is 17.7 Å². The lowest BCUT2D eigenvalue weighted by Crippen LogP contribution is -2.55. The molecule has 18 heavy (non-hydrogen) atoms. The van der Waals surface area contributed by atoms with Crippen LogP contribution in [0.15, 0.2) is 24.3 Å². The van der Waals surface area contributed by atoms with Crippen LogP contribution in [0, 0.1) is 10.1 Å². The van der Waals surface area contributed by atoms with Crippen LogP contribution in [0.2, 0.25) is 0 Å². The van der Waals surface area contributed by atoms with Crippen molar-refractivity contribution in [3.8, 4) is 0 Å². The Bertz CT molecular complexity index is 452. The van der Waals surface area contributed by atoms with Crippen molar-refractivity contribution in [2.45, 2.75) is 18.5 Å². The van der Waals surface area contributed by atoms with E-state index in [1.165, 1.54) is 12.1 Å². The normalized spacial score (nSPS) is 22.7. The van der Waals surface area contributed by atoms with Gasteiger partial charge in [0.2, 0.25) is 0 Å². The van der Waals surface area contributed by atoms with E-state index < -0.39 is 10.6 Å². The molecule has 0 radical (unpaired) electrons. The number of nitrogens with zero attached hydrogens (tertiary/aromatic N) is 2. The van der Waals surface area contributed by atoms with Gasteiger partial charge in [-0.25, -0.2) is 0 Å². The van der Waals surface area contributed by atoms with Gasteiger partial charge in [-0.1, -0.05) is 0 Å². The minimum Gasteiger partial charge on any atom is -0.350 e. The number of hydrogen-bond donors (Lipinski definition) is 1. The van der Waals surface area contributed by atoms with Crippen LogP contribution in [0.5, 0.6) is 0 Å². The number of benzene rings is 1. The Kier molecular flexibility index (Phi) is 3.29. The fraction of sp³-hybridized carbons (Fsp3) is 0.417. The van der Waals surface area contributed by atoms with Crippen LogP contribution in [-0.2, 0) is 4.79 Å². The van der Waals surface area contributed by atoms with E-state index in [1.807, 2.05) is 11.9 Å². The first-order valence-corrected chi connectivity index (χ1v) is 5.79. The molecule has 1 aromatic rings. The number of nitrogens with one attached hydrogen (secondary N) is 1. The van der Waals surface area contributed by atoms with Crippen LogP contribution < -0.4 is 10.2 Å². The van der Waals surface area contributed by atoms with E-state index in [1.54, 1.807) is 12.1 Å². The molecule has 6 nitrogen and oxygen atoms in total. The number of non-ortho nitro benzene ring substituents is 1. The van der Waals surface area contributed by atoms with Crippen LogP contribution >= 0.6 is 0 Å². The topological polar surface area (TPSA) is 75.5 Å². The first kappa shape index (κ1) is 12.5. The Labute approximate surface area is 105 Å². The van der Waals surface area contributed by atoms with Gasteiger partial charge in [0.1, 0.15) is 5.66 Å². The summed E-state index contributed by atoms with van der Waals surface area (Å²) in [5.74, 6) is 0. The number of carbonyl (C=O) groups is 1. The first-order chi connectivity index (χ1) is 8.59. The summed E-state index contributed by atoms with van der Waals surface area (Å²) >= 11 is 0. The smallest absolute Gasteiger partial charge is 0.269 e. The standard InChI is InChI=1S/C12H15N3O3/c1-14(12(9-16)7-2-8-13-12)10-3-5-11(6-4-10)15(17)18/h3-6,9,13H,2,7-8H2,1H3/t12-/m0/s1. The monoisotopic (exact) mass is 249 g/mol. The molecular formula is C12H15N3O3. The number of carbonyl (C=O) groups excluding carboxylic acids is 1. The molecule has 1 saturated heterocycles. The van der Waals surface area contributed by atoms with Gasteiger partial charge in [0.25, 0.3) is 5.69 Å². The highest BCUT2D eigenvalue weighted by atomic mass is 16.6. The maximum atomic E-state index is 11.3. The number of hydrogen-bond acceptors (Lipinski definition) is 5. The summed E-state index contributed by atoms with van der Waals surface area (Å²) in [7, 11) is 1.81. The van der Waals surface area contributed by atoms with Gasteiger partial charge in [-0.05, 0) is 31.5 Å². The average Bonchev–Trinajstić information content (AvgIpc) is 2.88. The Balaban J connectivity index is 2.25. The zero-order valence-electron chi connectivity index (χ0n) is 10.1. The fourth-order valence-electron chi connectivity index (χ4n) is 2.25. The highest BCUT2D eigenvalue weighted by Crippen LogP contribution is 2.27. The summed E-state index contributed by atoms with van der Waals surface area (Å²) in [6.07, 6.45) is 2.58. The summed E-state index contributed by atoms with van der Waals surface area (Å²) in [4.78, 5) is 23.3. The van der Waals surface area contributed by atoms with Crippen LogP contribution in [0.1, 0.15) is 12.8 Å². The predicted octanol–water partition coefficient (Wildman–Crippen LogP) is 1.31. The molecule has 1 atom stereocenters. The predicted molar refractivity (Wildman–Crippen MR) is 67.5 cm³/mol. The maximum absolute atomic E-state index is 11.3. The summed E-state index contributed by atoms with van der Waals surface area (Å²) in [6.45, 7) is 0.802. The Morgan fingerprint density at radius 2 is 2.11 bits per heavy atom. The van der Waals surface area contributed by atoms with E-state index in [-0.39, 0.29) is 5.69 Å². The van der Waals surface area contributed by atoms with Crippen molar-refractivity contribution in [1.82, 2.24) is 5.32 Å². The molecule has 0 bridgehead atoms. The molecule has 96 valence electrons. The van der Waals surface area contributed by atoms with E-state index in [2.05, 4.69) is 5.32 Å². The number of rotatable bonds is 4. The summed E-state index contributed by atoms with van der Waals surface area (Å²) in [6, 6.07) is 6.20. The largest absolute Gasteiger partial charge is 0.350 e. The number of aldehydes is 1. The molecule has 0 saturated carbocycles. The van der Waals surface area contributed by atoms with E-state index in [0.29, 0.717) is 0 Å². The third-order valence-corrected chi connectivity index (χ3v) is 3.41. The Morgan fingerprint density at radius 1 is 1.44 bits per heavy atom. The average molecular weight is 249 g/mol. The molecule has 6 heteroatoms. The van der Waals surface area contributed by atoms with Gasteiger partial charge in [0.15, 0.2) is 6.29 Å². The lowest BCUT2D eigenvalue weighted by Gasteiger charge is -2.35. The van der Waals surface area contributed by atoms with Gasteiger partial charge in [-0.15, -0.1) is 0 Å². The molecule has 0 aliphatic carbocycles. The maximum Gasteiger partial charge on any atom is 0.269 e. The SMILES string of the molecule is CN(c1ccc([N+](=O)[O-])cc1)[C@]1(C=O)CCCN1. The van der Waals surface area contributed by atoms with Gasteiger partial charge in [0, 0.05) is 24.9 Å². The second kappa shape index (κ2) is 4.73. The third kappa shape index (κ3) is 2.06. The quantitative estimate of drug-likeness (QED) is 0.494. The number of nitro benzene ring substituents is 1. The first-order valence-electron chi connectivity index (χ1n) is 5.79. The fourth-order valence-corrected chi connectivity index (χ4v) is 2.25. The Morgan fingerprint density at radius 3 is 2.56 bits per heavy atom. The molecule has 0 aromatic heterocycles. The summed E-state index contributed by atoms with van der Waals surface area (Å²) < 4.78 is 0. The van der Waals surface area contributed by atoms with E-state index >= 15 is 0 Å². The van der Waals surface area contributed by atoms with Gasteiger partial charge < -0.3 is 4.90 Å². The molecule has 1 fully saturated rings. The van der Waals surface area contributed by atoms with Crippen molar-refractivity contribution in [3.63, 3.8) is 0 Å². The van der Waals surface area contributed by atoms with Crippen molar-refractivity contribution in [3.05, 3.63) is 34.4 Å². The molecule has 1 aliphatic heterocycles. The van der Waals surface area contributed by atoms with Crippen LogP contribution in [0.3, 0.4) is 0 Å². The lowest BCUT2D eigenvalue weighted by atomic mass is 10.1. The number of nitro groups is 1. The summed E-state index contributed by atoms with van der Waals surface area (Å²) in [5.41, 5.74) is 0.143. The van der Waals surface area contributed by atoms with Crippen molar-refractivity contribution in [2.75, 3.05) is 18.5 Å².